The number of benzene rings is 1. The van der Waals surface area contributed by atoms with E-state index >= 15 is 0 Å². The number of halogens is 2. The van der Waals surface area contributed by atoms with Crippen molar-refractivity contribution in [3.63, 3.8) is 0 Å². The van der Waals surface area contributed by atoms with E-state index in [2.05, 4.69) is 27.4 Å². The lowest BCUT2D eigenvalue weighted by molar-refractivity contribution is 0.273. The zero-order chi connectivity index (χ0) is 17.4. The molecule has 1 aromatic carbocycles. The van der Waals surface area contributed by atoms with Crippen molar-refractivity contribution in [1.29, 1.82) is 0 Å². The van der Waals surface area contributed by atoms with Gasteiger partial charge in [0.15, 0.2) is 5.96 Å². The molecule has 0 saturated carbocycles. The number of likely N-dealkylation sites (tertiary alicyclic amines) is 1. The van der Waals surface area contributed by atoms with Crippen LogP contribution in [0.15, 0.2) is 23.2 Å². The first-order chi connectivity index (χ1) is 11.6. The molecule has 0 radical (unpaired) electrons. The van der Waals surface area contributed by atoms with Crippen LogP contribution in [-0.2, 0) is 6.42 Å². The minimum Gasteiger partial charge on any atom is -0.357 e. The normalized spacial score (nSPS) is 18.8. The number of nitrogens with one attached hydrogen (secondary N) is 2. The van der Waals surface area contributed by atoms with Gasteiger partial charge in [0.2, 0.25) is 0 Å². The highest BCUT2D eigenvalue weighted by Gasteiger charge is 2.22. The molecule has 2 N–H and O–H groups in total. The van der Waals surface area contributed by atoms with E-state index in [9.17, 15) is 8.78 Å². The molecule has 1 aliphatic heterocycles. The molecule has 1 atom stereocenters. The summed E-state index contributed by atoms with van der Waals surface area (Å²) in [5, 5.41) is 6.44. The van der Waals surface area contributed by atoms with Gasteiger partial charge in [0.05, 0.1) is 6.54 Å². The maximum atomic E-state index is 13.6. The molecule has 24 heavy (non-hydrogen) atoms. The maximum Gasteiger partial charge on any atom is 0.191 e. The van der Waals surface area contributed by atoms with Crippen molar-refractivity contribution in [1.82, 2.24) is 15.5 Å². The van der Waals surface area contributed by atoms with Crippen molar-refractivity contribution in [2.45, 2.75) is 39.2 Å². The summed E-state index contributed by atoms with van der Waals surface area (Å²) in [4.78, 5) is 7.12. The molecule has 0 spiro atoms. The van der Waals surface area contributed by atoms with Crippen LogP contribution in [0.3, 0.4) is 0 Å². The van der Waals surface area contributed by atoms with Gasteiger partial charge in [0, 0.05) is 25.2 Å². The number of rotatable bonds is 7. The number of guanidine groups is 1. The first kappa shape index (κ1) is 18.6. The molecular formula is C18H28F2N4. The Bertz CT molecular complexity index is 548. The highest BCUT2D eigenvalue weighted by atomic mass is 19.1. The number of aliphatic imine (C=N–C) groups is 1. The smallest absolute Gasteiger partial charge is 0.191 e. The monoisotopic (exact) mass is 338 g/mol. The second-order valence-corrected chi connectivity index (χ2v) is 6.06. The van der Waals surface area contributed by atoms with Crippen molar-refractivity contribution >= 4 is 5.96 Å². The van der Waals surface area contributed by atoms with Crippen molar-refractivity contribution in [3.05, 3.63) is 35.4 Å². The molecule has 4 nitrogen and oxygen atoms in total. The number of hydrogen-bond donors (Lipinski definition) is 2. The van der Waals surface area contributed by atoms with Gasteiger partial charge in [0.25, 0.3) is 0 Å². The Kier molecular flexibility index (Phi) is 7.43. The molecule has 1 heterocycles. The lowest BCUT2D eigenvalue weighted by Gasteiger charge is -2.21. The van der Waals surface area contributed by atoms with Gasteiger partial charge >= 0.3 is 0 Å². The Morgan fingerprint density at radius 2 is 2.12 bits per heavy atom. The van der Waals surface area contributed by atoms with Crippen molar-refractivity contribution < 1.29 is 8.78 Å². The molecular weight excluding hydrogens is 310 g/mol. The quantitative estimate of drug-likeness (QED) is 0.593. The summed E-state index contributed by atoms with van der Waals surface area (Å²) in [6.07, 6.45) is 2.92. The second-order valence-electron chi connectivity index (χ2n) is 6.06. The van der Waals surface area contributed by atoms with Gasteiger partial charge in [-0.05, 0) is 50.9 Å². The Morgan fingerprint density at radius 3 is 2.83 bits per heavy atom. The topological polar surface area (TPSA) is 39.7 Å². The fourth-order valence-corrected chi connectivity index (χ4v) is 3.10. The van der Waals surface area contributed by atoms with Crippen LogP contribution in [0.4, 0.5) is 8.78 Å². The lowest BCUT2D eigenvalue weighted by atomic mass is 10.1. The third-order valence-electron chi connectivity index (χ3n) is 4.41. The first-order valence-electron chi connectivity index (χ1n) is 8.84. The molecule has 1 aliphatic rings. The number of nitrogens with zero attached hydrogens (tertiary/aromatic N) is 2. The average Bonchev–Trinajstić information content (AvgIpc) is 3.02. The van der Waals surface area contributed by atoms with Crippen LogP contribution in [0, 0.1) is 11.6 Å². The van der Waals surface area contributed by atoms with E-state index in [0.717, 1.165) is 38.2 Å². The molecule has 6 heteroatoms. The van der Waals surface area contributed by atoms with E-state index in [-0.39, 0.29) is 0 Å². The maximum absolute atomic E-state index is 13.6. The van der Waals surface area contributed by atoms with Gasteiger partial charge < -0.3 is 10.6 Å². The molecule has 134 valence electrons. The number of likely N-dealkylation sites (N-methyl/N-ethyl adjacent to an activating group) is 1. The molecule has 1 fully saturated rings. The van der Waals surface area contributed by atoms with Gasteiger partial charge in [-0.15, -0.1) is 0 Å². The van der Waals surface area contributed by atoms with Crippen molar-refractivity contribution in [3.8, 4) is 0 Å². The minimum absolute atomic E-state index is 0.487. The number of hydrogen-bond acceptors (Lipinski definition) is 2. The Labute approximate surface area is 143 Å². The van der Waals surface area contributed by atoms with Gasteiger partial charge in [-0.2, -0.15) is 0 Å². The van der Waals surface area contributed by atoms with Crippen LogP contribution < -0.4 is 10.6 Å². The Balaban J connectivity index is 1.85. The summed E-state index contributed by atoms with van der Waals surface area (Å²) in [5.41, 5.74) is 0.507. The largest absolute Gasteiger partial charge is 0.357 e. The highest BCUT2D eigenvalue weighted by Crippen LogP contribution is 2.16. The molecule has 0 amide bonds. The minimum atomic E-state index is -0.545. The Hall–Kier alpha value is -1.69. The van der Waals surface area contributed by atoms with Gasteiger partial charge in [-0.3, -0.25) is 9.89 Å². The third-order valence-corrected chi connectivity index (χ3v) is 4.41. The zero-order valence-corrected chi connectivity index (χ0v) is 14.6. The summed E-state index contributed by atoms with van der Waals surface area (Å²) in [5.74, 6) is -0.289. The van der Waals surface area contributed by atoms with Gasteiger partial charge in [-0.25, -0.2) is 8.78 Å². The Morgan fingerprint density at radius 1 is 1.29 bits per heavy atom. The van der Waals surface area contributed by atoms with Crippen LogP contribution in [0.2, 0.25) is 0 Å². The predicted octanol–water partition coefficient (Wildman–Crippen LogP) is 2.55. The molecule has 0 bridgehead atoms. The SMILES string of the molecule is CCNC(=NCC1CCCN1CC)NCCc1ccc(F)cc1F. The standard InChI is InChI=1S/C18H28F2N4/c1-3-21-18(23-13-16-6-5-11-24(16)4-2)22-10-9-14-7-8-15(19)12-17(14)20/h7-8,12,16H,3-6,9-11,13H2,1-2H3,(H2,21,22,23). The molecule has 1 saturated heterocycles. The van der Waals surface area contributed by atoms with Gasteiger partial charge in [-0.1, -0.05) is 13.0 Å². The fraction of sp³-hybridized carbons (Fsp3) is 0.611. The molecule has 2 rings (SSSR count). The third kappa shape index (κ3) is 5.44. The first-order valence-corrected chi connectivity index (χ1v) is 8.84. The summed E-state index contributed by atoms with van der Waals surface area (Å²) < 4.78 is 26.6. The van der Waals surface area contributed by atoms with E-state index in [1.54, 1.807) is 0 Å². The van der Waals surface area contributed by atoms with E-state index in [1.807, 2.05) is 6.92 Å². The van der Waals surface area contributed by atoms with E-state index in [1.165, 1.54) is 25.0 Å². The van der Waals surface area contributed by atoms with Crippen LogP contribution in [0.25, 0.3) is 0 Å². The lowest BCUT2D eigenvalue weighted by Crippen LogP contribution is -2.40. The summed E-state index contributed by atoms with van der Waals surface area (Å²) in [6, 6.07) is 4.22. The van der Waals surface area contributed by atoms with Crippen LogP contribution in [0.5, 0.6) is 0 Å². The summed E-state index contributed by atoms with van der Waals surface area (Å²) in [7, 11) is 0. The summed E-state index contributed by atoms with van der Waals surface area (Å²) in [6.45, 7) is 8.52. The zero-order valence-electron chi connectivity index (χ0n) is 14.6. The second kappa shape index (κ2) is 9.57. The molecule has 0 aromatic heterocycles. The highest BCUT2D eigenvalue weighted by molar-refractivity contribution is 5.79. The van der Waals surface area contributed by atoms with Crippen molar-refractivity contribution in [2.24, 2.45) is 4.99 Å². The summed E-state index contributed by atoms with van der Waals surface area (Å²) >= 11 is 0. The van der Waals surface area contributed by atoms with E-state index in [0.29, 0.717) is 24.6 Å². The van der Waals surface area contributed by atoms with Gasteiger partial charge in [0.1, 0.15) is 11.6 Å². The van der Waals surface area contributed by atoms with Crippen LogP contribution in [-0.4, -0.2) is 49.6 Å². The van der Waals surface area contributed by atoms with Crippen LogP contribution >= 0.6 is 0 Å². The molecule has 0 aliphatic carbocycles. The van der Waals surface area contributed by atoms with E-state index in [4.69, 9.17) is 0 Å². The molecule has 1 aromatic rings. The fourth-order valence-electron chi connectivity index (χ4n) is 3.10. The predicted molar refractivity (Wildman–Crippen MR) is 94.3 cm³/mol. The molecule has 1 unspecified atom stereocenters. The van der Waals surface area contributed by atoms with E-state index < -0.39 is 11.6 Å². The average molecular weight is 338 g/mol. The van der Waals surface area contributed by atoms with Crippen LogP contribution in [0.1, 0.15) is 32.3 Å². The van der Waals surface area contributed by atoms with Crippen molar-refractivity contribution in [2.75, 3.05) is 32.7 Å².